The first-order chi connectivity index (χ1) is 8.33. The summed E-state index contributed by atoms with van der Waals surface area (Å²) < 4.78 is 0. The molecule has 0 atom stereocenters. The number of thioether (sulfide) groups is 1. The fourth-order valence-electron chi connectivity index (χ4n) is 1.36. The van der Waals surface area contributed by atoms with Crippen LogP contribution in [0, 0.1) is 0 Å². The van der Waals surface area contributed by atoms with Gasteiger partial charge in [-0.3, -0.25) is 4.79 Å². The molecular weight excluding hydrogens is 234 g/mol. The molecule has 0 saturated carbocycles. The molecule has 3 nitrogen and oxygen atoms in total. The Kier molecular flexibility index (Phi) is 7.51. The Morgan fingerprint density at radius 2 is 2.00 bits per heavy atom. The fraction of sp³-hybridized carbons (Fsp3) is 0.462. The molecule has 0 aliphatic rings. The number of amides is 1. The summed E-state index contributed by atoms with van der Waals surface area (Å²) in [6, 6.07) is 10.1. The summed E-state index contributed by atoms with van der Waals surface area (Å²) in [5, 5.41) is 11.5. The van der Waals surface area contributed by atoms with Crippen molar-refractivity contribution < 1.29 is 9.90 Å². The van der Waals surface area contributed by atoms with Gasteiger partial charge in [-0.2, -0.15) is 0 Å². The van der Waals surface area contributed by atoms with Crippen LogP contribution >= 0.6 is 11.8 Å². The van der Waals surface area contributed by atoms with Gasteiger partial charge in [0.05, 0.1) is 0 Å². The second-order valence-electron chi connectivity index (χ2n) is 3.69. The predicted octanol–water partition coefficient (Wildman–Crippen LogP) is 2.06. The lowest BCUT2D eigenvalue weighted by molar-refractivity contribution is -0.121. The highest BCUT2D eigenvalue weighted by Gasteiger charge is 2.00. The SMILES string of the molecule is O=C(CCCCO)NCCSc1ccccc1. The molecule has 1 aromatic rings. The minimum Gasteiger partial charge on any atom is -0.396 e. The fourth-order valence-corrected chi connectivity index (χ4v) is 2.15. The normalized spacial score (nSPS) is 10.2. The summed E-state index contributed by atoms with van der Waals surface area (Å²) in [6.07, 6.45) is 1.97. The van der Waals surface area contributed by atoms with Crippen molar-refractivity contribution in [2.75, 3.05) is 18.9 Å². The van der Waals surface area contributed by atoms with Crippen molar-refractivity contribution in [3.63, 3.8) is 0 Å². The molecule has 2 N–H and O–H groups in total. The lowest BCUT2D eigenvalue weighted by atomic mass is 10.2. The smallest absolute Gasteiger partial charge is 0.220 e. The van der Waals surface area contributed by atoms with E-state index >= 15 is 0 Å². The van der Waals surface area contributed by atoms with Gasteiger partial charge in [-0.05, 0) is 25.0 Å². The minimum atomic E-state index is 0.0760. The molecule has 1 amide bonds. The van der Waals surface area contributed by atoms with Gasteiger partial charge in [-0.25, -0.2) is 0 Å². The van der Waals surface area contributed by atoms with Gasteiger partial charge >= 0.3 is 0 Å². The molecule has 0 spiro atoms. The van der Waals surface area contributed by atoms with Crippen LogP contribution in [-0.4, -0.2) is 29.9 Å². The van der Waals surface area contributed by atoms with Crippen molar-refractivity contribution in [2.45, 2.75) is 24.2 Å². The molecule has 1 aromatic carbocycles. The quantitative estimate of drug-likeness (QED) is 0.551. The summed E-state index contributed by atoms with van der Waals surface area (Å²) in [4.78, 5) is 12.6. The first kappa shape index (κ1) is 14.1. The van der Waals surface area contributed by atoms with E-state index < -0.39 is 0 Å². The standard InChI is InChI=1S/C13H19NO2S/c15-10-5-4-8-13(16)14-9-11-17-12-6-2-1-3-7-12/h1-3,6-7,15H,4-5,8-11H2,(H,14,16). The lowest BCUT2D eigenvalue weighted by Gasteiger charge is -2.04. The molecule has 0 unspecified atom stereocenters. The second-order valence-corrected chi connectivity index (χ2v) is 4.86. The van der Waals surface area contributed by atoms with Crippen LogP contribution in [0.15, 0.2) is 35.2 Å². The van der Waals surface area contributed by atoms with E-state index in [9.17, 15) is 4.79 Å². The van der Waals surface area contributed by atoms with E-state index in [1.807, 2.05) is 18.2 Å². The Labute approximate surface area is 107 Å². The molecular formula is C13H19NO2S. The summed E-state index contributed by atoms with van der Waals surface area (Å²) in [5.74, 6) is 0.961. The van der Waals surface area contributed by atoms with Gasteiger partial charge in [0.2, 0.25) is 5.91 Å². The number of carbonyl (C=O) groups is 1. The minimum absolute atomic E-state index is 0.0760. The van der Waals surface area contributed by atoms with E-state index in [1.165, 1.54) is 4.90 Å². The van der Waals surface area contributed by atoms with Crippen LogP contribution in [0.5, 0.6) is 0 Å². The zero-order valence-electron chi connectivity index (χ0n) is 9.89. The highest BCUT2D eigenvalue weighted by atomic mass is 32.2. The van der Waals surface area contributed by atoms with Crippen LogP contribution < -0.4 is 5.32 Å². The lowest BCUT2D eigenvalue weighted by Crippen LogP contribution is -2.25. The molecule has 94 valence electrons. The molecule has 0 aromatic heterocycles. The maximum absolute atomic E-state index is 11.3. The van der Waals surface area contributed by atoms with E-state index in [0.29, 0.717) is 19.4 Å². The van der Waals surface area contributed by atoms with Crippen molar-refractivity contribution in [3.8, 4) is 0 Å². The van der Waals surface area contributed by atoms with Crippen molar-refractivity contribution in [2.24, 2.45) is 0 Å². The summed E-state index contributed by atoms with van der Waals surface area (Å²) in [5.41, 5.74) is 0. The van der Waals surface area contributed by atoms with Gasteiger partial charge in [0.1, 0.15) is 0 Å². The zero-order valence-corrected chi connectivity index (χ0v) is 10.7. The topological polar surface area (TPSA) is 49.3 Å². The molecule has 17 heavy (non-hydrogen) atoms. The average Bonchev–Trinajstić information content (AvgIpc) is 2.36. The van der Waals surface area contributed by atoms with E-state index in [4.69, 9.17) is 5.11 Å². The zero-order chi connectivity index (χ0) is 12.3. The van der Waals surface area contributed by atoms with Gasteiger partial charge in [0.15, 0.2) is 0 Å². The first-order valence-electron chi connectivity index (χ1n) is 5.88. The Morgan fingerprint density at radius 1 is 1.24 bits per heavy atom. The third-order valence-corrected chi connectivity index (χ3v) is 3.26. The Hall–Kier alpha value is -1.00. The molecule has 0 bridgehead atoms. The van der Waals surface area contributed by atoms with Gasteiger partial charge in [-0.15, -0.1) is 11.8 Å². The van der Waals surface area contributed by atoms with Crippen LogP contribution in [0.25, 0.3) is 0 Å². The molecule has 0 aliphatic heterocycles. The van der Waals surface area contributed by atoms with Crippen LogP contribution in [0.3, 0.4) is 0 Å². The van der Waals surface area contributed by atoms with Gasteiger partial charge in [-0.1, -0.05) is 18.2 Å². The maximum atomic E-state index is 11.3. The van der Waals surface area contributed by atoms with Gasteiger partial charge < -0.3 is 10.4 Å². The third kappa shape index (κ3) is 7.02. The van der Waals surface area contributed by atoms with Crippen molar-refractivity contribution in [1.29, 1.82) is 0 Å². The number of nitrogens with one attached hydrogen (secondary N) is 1. The number of carbonyl (C=O) groups excluding carboxylic acids is 1. The van der Waals surface area contributed by atoms with Crippen LogP contribution in [0.1, 0.15) is 19.3 Å². The van der Waals surface area contributed by atoms with Crippen LogP contribution in [-0.2, 0) is 4.79 Å². The summed E-state index contributed by atoms with van der Waals surface area (Å²) >= 11 is 1.74. The monoisotopic (exact) mass is 253 g/mol. The van der Waals surface area contributed by atoms with E-state index in [0.717, 1.165) is 12.2 Å². The second kappa shape index (κ2) is 9.07. The van der Waals surface area contributed by atoms with Crippen LogP contribution in [0.4, 0.5) is 0 Å². The first-order valence-corrected chi connectivity index (χ1v) is 6.87. The highest BCUT2D eigenvalue weighted by Crippen LogP contribution is 2.15. The number of benzene rings is 1. The number of hydrogen-bond donors (Lipinski definition) is 2. The molecule has 4 heteroatoms. The van der Waals surface area contributed by atoms with E-state index in [-0.39, 0.29) is 12.5 Å². The van der Waals surface area contributed by atoms with Crippen molar-refractivity contribution in [3.05, 3.63) is 30.3 Å². The van der Waals surface area contributed by atoms with Gasteiger partial charge in [0, 0.05) is 30.2 Å². The molecule has 0 fully saturated rings. The molecule has 0 saturated heterocycles. The van der Waals surface area contributed by atoms with Crippen LogP contribution in [0.2, 0.25) is 0 Å². The van der Waals surface area contributed by atoms with Crippen molar-refractivity contribution in [1.82, 2.24) is 5.32 Å². The van der Waals surface area contributed by atoms with Gasteiger partial charge in [0.25, 0.3) is 0 Å². The maximum Gasteiger partial charge on any atom is 0.220 e. The van der Waals surface area contributed by atoms with Crippen molar-refractivity contribution >= 4 is 17.7 Å². The number of aliphatic hydroxyl groups excluding tert-OH is 1. The summed E-state index contributed by atoms with van der Waals surface area (Å²) in [6.45, 7) is 0.856. The van der Waals surface area contributed by atoms with E-state index in [2.05, 4.69) is 17.4 Å². The summed E-state index contributed by atoms with van der Waals surface area (Å²) in [7, 11) is 0. The molecule has 0 heterocycles. The third-order valence-electron chi connectivity index (χ3n) is 2.25. The Bertz CT molecular complexity index is 316. The molecule has 1 rings (SSSR count). The predicted molar refractivity (Wildman–Crippen MR) is 71.1 cm³/mol. The largest absolute Gasteiger partial charge is 0.396 e. The van der Waals surface area contributed by atoms with E-state index in [1.54, 1.807) is 11.8 Å². The number of rotatable bonds is 8. The highest BCUT2D eigenvalue weighted by molar-refractivity contribution is 7.99. The number of hydrogen-bond acceptors (Lipinski definition) is 3. The average molecular weight is 253 g/mol. The Morgan fingerprint density at radius 3 is 2.71 bits per heavy atom. The molecule has 0 radical (unpaired) electrons. The number of unbranched alkanes of at least 4 members (excludes halogenated alkanes) is 1. The number of aliphatic hydroxyl groups is 1. The molecule has 0 aliphatic carbocycles. The Balaban J connectivity index is 2.02.